The number of hydroxylamine groups is 1. The molecule has 1 N–H and O–H groups in total. The van der Waals surface area contributed by atoms with Crippen LogP contribution in [0.25, 0.3) is 0 Å². The first-order chi connectivity index (χ1) is 6.88. The minimum atomic E-state index is 0.147. The summed E-state index contributed by atoms with van der Waals surface area (Å²) in [7, 11) is 1.62. The van der Waals surface area contributed by atoms with Crippen molar-refractivity contribution in [1.29, 1.82) is 0 Å². The standard InChI is InChI=1S/C12H15NO/c1-3-4-10-12(13-14-2)11-8-6-5-7-9-11/h5-9,12-13H,10H2,1-2H3. The average Bonchev–Trinajstić information content (AvgIpc) is 2.25. The lowest BCUT2D eigenvalue weighted by Crippen LogP contribution is -2.19. The summed E-state index contributed by atoms with van der Waals surface area (Å²) in [6, 6.07) is 10.3. The Morgan fingerprint density at radius 3 is 2.64 bits per heavy atom. The zero-order valence-electron chi connectivity index (χ0n) is 8.58. The second-order valence-electron chi connectivity index (χ2n) is 2.92. The fourth-order valence-corrected chi connectivity index (χ4v) is 1.26. The first-order valence-corrected chi connectivity index (χ1v) is 4.61. The molecule has 0 aliphatic heterocycles. The molecule has 1 aromatic carbocycles. The maximum absolute atomic E-state index is 4.94. The van der Waals surface area contributed by atoms with Gasteiger partial charge >= 0.3 is 0 Å². The van der Waals surface area contributed by atoms with Gasteiger partial charge in [-0.3, -0.25) is 0 Å². The molecule has 1 unspecified atom stereocenters. The highest BCUT2D eigenvalue weighted by Crippen LogP contribution is 2.15. The zero-order valence-corrected chi connectivity index (χ0v) is 8.58. The van der Waals surface area contributed by atoms with Crippen molar-refractivity contribution in [3.05, 3.63) is 35.9 Å². The normalized spacial score (nSPS) is 11.6. The summed E-state index contributed by atoms with van der Waals surface area (Å²) < 4.78 is 0. The molecule has 0 saturated carbocycles. The predicted molar refractivity (Wildman–Crippen MR) is 57.4 cm³/mol. The molecule has 0 bridgehead atoms. The summed E-state index contributed by atoms with van der Waals surface area (Å²) in [5.41, 5.74) is 4.12. The Kier molecular flexibility index (Phi) is 4.77. The molecule has 0 spiro atoms. The lowest BCUT2D eigenvalue weighted by atomic mass is 10.1. The summed E-state index contributed by atoms with van der Waals surface area (Å²) in [4.78, 5) is 4.94. The van der Waals surface area contributed by atoms with Gasteiger partial charge in [0.2, 0.25) is 0 Å². The van der Waals surface area contributed by atoms with Crippen molar-refractivity contribution in [2.75, 3.05) is 7.11 Å². The number of hydrogen-bond acceptors (Lipinski definition) is 2. The SMILES string of the molecule is CC#CCC(NOC)c1ccccc1. The van der Waals surface area contributed by atoms with E-state index in [2.05, 4.69) is 29.5 Å². The van der Waals surface area contributed by atoms with E-state index in [1.807, 2.05) is 25.1 Å². The second kappa shape index (κ2) is 6.20. The number of nitrogens with one attached hydrogen (secondary N) is 1. The van der Waals surface area contributed by atoms with E-state index < -0.39 is 0 Å². The second-order valence-corrected chi connectivity index (χ2v) is 2.92. The van der Waals surface area contributed by atoms with Crippen molar-refractivity contribution in [2.45, 2.75) is 19.4 Å². The van der Waals surface area contributed by atoms with Crippen LogP contribution in [0.15, 0.2) is 30.3 Å². The molecule has 0 amide bonds. The van der Waals surface area contributed by atoms with Gasteiger partial charge in [0.1, 0.15) is 0 Å². The molecule has 74 valence electrons. The van der Waals surface area contributed by atoms with Crippen molar-refractivity contribution in [3.8, 4) is 11.8 Å². The molecule has 0 aliphatic carbocycles. The van der Waals surface area contributed by atoms with Crippen LogP contribution in [0.1, 0.15) is 24.9 Å². The third kappa shape index (κ3) is 3.21. The lowest BCUT2D eigenvalue weighted by molar-refractivity contribution is 0.0619. The molecule has 1 rings (SSSR count). The molecule has 0 aliphatic rings. The fraction of sp³-hybridized carbons (Fsp3) is 0.333. The Morgan fingerprint density at radius 1 is 1.36 bits per heavy atom. The van der Waals surface area contributed by atoms with Gasteiger partial charge in [-0.2, -0.15) is 5.48 Å². The van der Waals surface area contributed by atoms with Crippen molar-refractivity contribution < 1.29 is 4.84 Å². The first-order valence-electron chi connectivity index (χ1n) is 4.61. The monoisotopic (exact) mass is 189 g/mol. The molecule has 1 atom stereocenters. The number of benzene rings is 1. The van der Waals surface area contributed by atoms with E-state index in [9.17, 15) is 0 Å². The van der Waals surface area contributed by atoms with Crippen LogP contribution in [0, 0.1) is 11.8 Å². The molecule has 0 radical (unpaired) electrons. The Hall–Kier alpha value is -1.30. The molecule has 1 aromatic rings. The summed E-state index contributed by atoms with van der Waals surface area (Å²) in [5.74, 6) is 5.92. The zero-order chi connectivity index (χ0) is 10.2. The van der Waals surface area contributed by atoms with Crippen molar-refractivity contribution in [2.24, 2.45) is 0 Å². The van der Waals surface area contributed by atoms with E-state index in [0.717, 1.165) is 6.42 Å². The van der Waals surface area contributed by atoms with Gasteiger partial charge in [0.05, 0.1) is 13.2 Å². The van der Waals surface area contributed by atoms with Gasteiger partial charge in [-0.1, -0.05) is 30.3 Å². The molecule has 2 heteroatoms. The highest BCUT2D eigenvalue weighted by Gasteiger charge is 2.07. The topological polar surface area (TPSA) is 21.3 Å². The maximum atomic E-state index is 4.94. The van der Waals surface area contributed by atoms with Crippen LogP contribution in [-0.2, 0) is 4.84 Å². The summed E-state index contributed by atoms with van der Waals surface area (Å²) in [6.07, 6.45) is 0.758. The fourth-order valence-electron chi connectivity index (χ4n) is 1.26. The number of rotatable bonds is 4. The third-order valence-electron chi connectivity index (χ3n) is 1.95. The predicted octanol–water partition coefficient (Wildman–Crippen LogP) is 2.29. The van der Waals surface area contributed by atoms with Crippen LogP contribution in [0.3, 0.4) is 0 Å². The van der Waals surface area contributed by atoms with Gasteiger partial charge in [-0.15, -0.1) is 11.8 Å². The first kappa shape index (κ1) is 10.8. The Bertz CT molecular complexity index is 310. The van der Waals surface area contributed by atoms with Crippen LogP contribution in [-0.4, -0.2) is 7.11 Å². The Morgan fingerprint density at radius 2 is 2.07 bits per heavy atom. The van der Waals surface area contributed by atoms with Crippen LogP contribution >= 0.6 is 0 Å². The highest BCUT2D eigenvalue weighted by atomic mass is 16.6. The van der Waals surface area contributed by atoms with Gasteiger partial charge in [-0.05, 0) is 12.5 Å². The van der Waals surface area contributed by atoms with Gasteiger partial charge in [0.25, 0.3) is 0 Å². The maximum Gasteiger partial charge on any atom is 0.0680 e. The minimum Gasteiger partial charge on any atom is -0.304 e. The van der Waals surface area contributed by atoms with Gasteiger partial charge in [0.15, 0.2) is 0 Å². The van der Waals surface area contributed by atoms with E-state index in [4.69, 9.17) is 4.84 Å². The van der Waals surface area contributed by atoms with E-state index in [1.54, 1.807) is 7.11 Å². The van der Waals surface area contributed by atoms with Crippen molar-refractivity contribution in [1.82, 2.24) is 5.48 Å². The summed E-state index contributed by atoms with van der Waals surface area (Å²) in [6.45, 7) is 1.84. The summed E-state index contributed by atoms with van der Waals surface area (Å²) >= 11 is 0. The molecule has 0 fully saturated rings. The van der Waals surface area contributed by atoms with Crippen molar-refractivity contribution in [3.63, 3.8) is 0 Å². The molecule has 0 heterocycles. The van der Waals surface area contributed by atoms with Gasteiger partial charge in [0, 0.05) is 6.42 Å². The van der Waals surface area contributed by atoms with Crippen molar-refractivity contribution >= 4 is 0 Å². The van der Waals surface area contributed by atoms with E-state index >= 15 is 0 Å². The highest BCUT2D eigenvalue weighted by molar-refractivity contribution is 5.20. The van der Waals surface area contributed by atoms with E-state index in [0.29, 0.717) is 0 Å². The molecule has 2 nitrogen and oxygen atoms in total. The van der Waals surface area contributed by atoms with Crippen LogP contribution in [0.5, 0.6) is 0 Å². The number of hydrogen-bond donors (Lipinski definition) is 1. The Balaban J connectivity index is 2.70. The quantitative estimate of drug-likeness (QED) is 0.579. The van der Waals surface area contributed by atoms with E-state index in [-0.39, 0.29) is 6.04 Å². The summed E-state index contributed by atoms with van der Waals surface area (Å²) in [5, 5.41) is 0. The average molecular weight is 189 g/mol. The molecule has 0 saturated heterocycles. The van der Waals surface area contributed by atoms with Crippen LogP contribution in [0.4, 0.5) is 0 Å². The van der Waals surface area contributed by atoms with Gasteiger partial charge < -0.3 is 4.84 Å². The molecular formula is C12H15NO. The smallest absolute Gasteiger partial charge is 0.0680 e. The third-order valence-corrected chi connectivity index (χ3v) is 1.95. The molecule has 0 aromatic heterocycles. The lowest BCUT2D eigenvalue weighted by Gasteiger charge is -2.14. The van der Waals surface area contributed by atoms with E-state index in [1.165, 1.54) is 5.56 Å². The molecule has 14 heavy (non-hydrogen) atoms. The van der Waals surface area contributed by atoms with Gasteiger partial charge in [-0.25, -0.2) is 0 Å². The minimum absolute atomic E-state index is 0.147. The largest absolute Gasteiger partial charge is 0.304 e. The van der Waals surface area contributed by atoms with Crippen LogP contribution < -0.4 is 5.48 Å². The molecular weight excluding hydrogens is 174 g/mol. The Labute approximate surface area is 85.2 Å². The van der Waals surface area contributed by atoms with Crippen LogP contribution in [0.2, 0.25) is 0 Å².